The lowest BCUT2D eigenvalue weighted by atomic mass is 10.3. The van der Waals surface area contributed by atoms with Crippen LogP contribution in [-0.2, 0) is 6.54 Å². The molecule has 0 aliphatic rings. The summed E-state index contributed by atoms with van der Waals surface area (Å²) in [6.07, 6.45) is 1.85. The molecule has 2 nitrogen and oxygen atoms in total. The molecule has 1 aromatic rings. The van der Waals surface area contributed by atoms with Gasteiger partial charge in [-0.25, -0.2) is 4.98 Å². The van der Waals surface area contributed by atoms with E-state index in [4.69, 9.17) is 5.73 Å². The summed E-state index contributed by atoms with van der Waals surface area (Å²) in [6, 6.07) is 4.07. The summed E-state index contributed by atoms with van der Waals surface area (Å²) in [5.41, 5.74) is 6.57. The first-order chi connectivity index (χ1) is 6.22. The van der Waals surface area contributed by atoms with Crippen molar-refractivity contribution in [3.63, 3.8) is 0 Å². The van der Waals surface area contributed by atoms with E-state index in [0.717, 1.165) is 16.3 Å². The minimum Gasteiger partial charge on any atom is -0.326 e. The topological polar surface area (TPSA) is 38.9 Å². The van der Waals surface area contributed by atoms with E-state index < -0.39 is 0 Å². The molecule has 1 heterocycles. The molecule has 0 aliphatic carbocycles. The fourth-order valence-electron chi connectivity index (χ4n) is 0.869. The third kappa shape index (κ3) is 3.79. The fourth-order valence-corrected chi connectivity index (χ4v) is 1.66. The van der Waals surface area contributed by atoms with Gasteiger partial charge >= 0.3 is 0 Å². The van der Waals surface area contributed by atoms with E-state index in [-0.39, 0.29) is 0 Å². The van der Waals surface area contributed by atoms with Crippen LogP contribution in [0.3, 0.4) is 0 Å². The Balaban J connectivity index is 2.49. The number of nitrogens with two attached hydrogens (primary N) is 1. The van der Waals surface area contributed by atoms with Gasteiger partial charge in [0.1, 0.15) is 0 Å². The molecule has 0 fully saturated rings. The van der Waals surface area contributed by atoms with Crippen LogP contribution < -0.4 is 5.73 Å². The first-order valence-electron chi connectivity index (χ1n) is 4.50. The van der Waals surface area contributed by atoms with E-state index >= 15 is 0 Å². The number of hydrogen-bond acceptors (Lipinski definition) is 3. The van der Waals surface area contributed by atoms with Gasteiger partial charge in [0.15, 0.2) is 0 Å². The van der Waals surface area contributed by atoms with Gasteiger partial charge in [-0.05, 0) is 17.5 Å². The summed E-state index contributed by atoms with van der Waals surface area (Å²) < 4.78 is 0. The summed E-state index contributed by atoms with van der Waals surface area (Å²) in [4.78, 5) is 4.30. The zero-order valence-corrected chi connectivity index (χ0v) is 8.97. The van der Waals surface area contributed by atoms with Crippen LogP contribution in [0.4, 0.5) is 0 Å². The summed E-state index contributed by atoms with van der Waals surface area (Å²) >= 11 is 1.80. The van der Waals surface area contributed by atoms with Crippen LogP contribution in [0.2, 0.25) is 0 Å². The van der Waals surface area contributed by atoms with Crippen LogP contribution in [-0.4, -0.2) is 10.7 Å². The van der Waals surface area contributed by atoms with Crippen molar-refractivity contribution in [1.82, 2.24) is 4.98 Å². The van der Waals surface area contributed by atoms with E-state index in [0.29, 0.717) is 12.5 Å². The second-order valence-corrected chi connectivity index (χ2v) is 4.45. The highest BCUT2D eigenvalue weighted by molar-refractivity contribution is 7.99. The van der Waals surface area contributed by atoms with Crippen LogP contribution in [0.15, 0.2) is 23.4 Å². The average molecular weight is 196 g/mol. The quantitative estimate of drug-likeness (QED) is 0.751. The molecule has 1 aromatic heterocycles. The summed E-state index contributed by atoms with van der Waals surface area (Å²) in [5.74, 6) is 1.83. The highest BCUT2D eigenvalue weighted by Gasteiger charge is 1.98. The standard InChI is InChI=1S/C10H16N2S/c1-8(2)7-13-10-4-3-9(5-11)6-12-10/h3-4,6,8H,5,7,11H2,1-2H3. The van der Waals surface area contributed by atoms with E-state index in [1.807, 2.05) is 18.3 Å². The van der Waals surface area contributed by atoms with Gasteiger partial charge in [-0.15, -0.1) is 11.8 Å². The van der Waals surface area contributed by atoms with Crippen molar-refractivity contribution in [2.75, 3.05) is 5.75 Å². The van der Waals surface area contributed by atoms with Gasteiger partial charge in [0.05, 0.1) is 5.03 Å². The van der Waals surface area contributed by atoms with Crippen molar-refractivity contribution in [1.29, 1.82) is 0 Å². The molecule has 0 radical (unpaired) electrons. The molecule has 3 heteroatoms. The SMILES string of the molecule is CC(C)CSc1ccc(CN)cn1. The molecule has 0 aliphatic heterocycles. The maximum atomic E-state index is 5.48. The average Bonchev–Trinajstić information content (AvgIpc) is 2.15. The predicted molar refractivity (Wildman–Crippen MR) is 57.7 cm³/mol. The second kappa shape index (κ2) is 5.25. The van der Waals surface area contributed by atoms with Gasteiger partial charge in [-0.3, -0.25) is 0 Å². The Morgan fingerprint density at radius 2 is 2.23 bits per heavy atom. The molecular formula is C10H16N2S. The van der Waals surface area contributed by atoms with E-state index in [2.05, 4.69) is 18.8 Å². The zero-order valence-electron chi connectivity index (χ0n) is 8.16. The Bertz CT molecular complexity index is 244. The van der Waals surface area contributed by atoms with Crippen molar-refractivity contribution in [2.24, 2.45) is 11.7 Å². The Kier molecular flexibility index (Phi) is 4.25. The largest absolute Gasteiger partial charge is 0.326 e. The smallest absolute Gasteiger partial charge is 0.0960 e. The van der Waals surface area contributed by atoms with Crippen LogP contribution in [0.1, 0.15) is 19.4 Å². The molecule has 0 atom stereocenters. The molecule has 0 saturated carbocycles. The lowest BCUT2D eigenvalue weighted by Crippen LogP contribution is -1.97. The number of nitrogens with zero attached hydrogens (tertiary/aromatic N) is 1. The lowest BCUT2D eigenvalue weighted by molar-refractivity contribution is 0.749. The van der Waals surface area contributed by atoms with E-state index in [1.165, 1.54) is 0 Å². The zero-order chi connectivity index (χ0) is 9.68. The normalized spacial score (nSPS) is 10.8. The van der Waals surface area contributed by atoms with Gasteiger partial charge < -0.3 is 5.73 Å². The van der Waals surface area contributed by atoms with Gasteiger partial charge in [0, 0.05) is 18.5 Å². The number of pyridine rings is 1. The van der Waals surface area contributed by atoms with Gasteiger partial charge in [0.25, 0.3) is 0 Å². The number of hydrogen-bond donors (Lipinski definition) is 1. The predicted octanol–water partition coefficient (Wildman–Crippen LogP) is 2.29. The third-order valence-electron chi connectivity index (χ3n) is 1.60. The van der Waals surface area contributed by atoms with Crippen LogP contribution >= 0.6 is 11.8 Å². The van der Waals surface area contributed by atoms with Gasteiger partial charge in [-0.1, -0.05) is 19.9 Å². The van der Waals surface area contributed by atoms with Crippen molar-refractivity contribution in [3.05, 3.63) is 23.9 Å². The Morgan fingerprint density at radius 3 is 2.69 bits per heavy atom. The minimum absolute atomic E-state index is 0.572. The number of aromatic nitrogens is 1. The molecule has 2 N–H and O–H groups in total. The maximum absolute atomic E-state index is 5.48. The van der Waals surface area contributed by atoms with Crippen LogP contribution in [0.5, 0.6) is 0 Å². The molecular weight excluding hydrogens is 180 g/mol. The van der Waals surface area contributed by atoms with Crippen LogP contribution in [0, 0.1) is 5.92 Å². The molecule has 0 unspecified atom stereocenters. The molecule has 72 valence electrons. The lowest BCUT2D eigenvalue weighted by Gasteiger charge is -2.03. The molecule has 0 aromatic carbocycles. The highest BCUT2D eigenvalue weighted by Crippen LogP contribution is 2.17. The number of thioether (sulfide) groups is 1. The summed E-state index contributed by atoms with van der Waals surface area (Å²) in [5, 5.41) is 1.09. The summed E-state index contributed by atoms with van der Waals surface area (Å²) in [7, 11) is 0. The van der Waals surface area contributed by atoms with Crippen molar-refractivity contribution in [2.45, 2.75) is 25.4 Å². The highest BCUT2D eigenvalue weighted by atomic mass is 32.2. The Labute approximate surface area is 83.9 Å². The first kappa shape index (κ1) is 10.5. The van der Waals surface area contributed by atoms with Gasteiger partial charge in [-0.2, -0.15) is 0 Å². The maximum Gasteiger partial charge on any atom is 0.0960 e. The Morgan fingerprint density at radius 1 is 1.46 bits per heavy atom. The van der Waals surface area contributed by atoms with E-state index in [1.54, 1.807) is 11.8 Å². The molecule has 0 spiro atoms. The molecule has 0 bridgehead atoms. The first-order valence-corrected chi connectivity index (χ1v) is 5.48. The summed E-state index contributed by atoms with van der Waals surface area (Å²) in [6.45, 7) is 4.99. The second-order valence-electron chi connectivity index (χ2n) is 3.41. The molecule has 0 amide bonds. The van der Waals surface area contributed by atoms with E-state index in [9.17, 15) is 0 Å². The molecule has 1 rings (SSSR count). The van der Waals surface area contributed by atoms with Crippen molar-refractivity contribution >= 4 is 11.8 Å². The molecule has 13 heavy (non-hydrogen) atoms. The van der Waals surface area contributed by atoms with Crippen LogP contribution in [0.25, 0.3) is 0 Å². The number of rotatable bonds is 4. The monoisotopic (exact) mass is 196 g/mol. The molecule has 0 saturated heterocycles. The third-order valence-corrected chi connectivity index (χ3v) is 2.97. The van der Waals surface area contributed by atoms with Gasteiger partial charge in [0.2, 0.25) is 0 Å². The minimum atomic E-state index is 0.572. The van der Waals surface area contributed by atoms with Crippen molar-refractivity contribution in [3.8, 4) is 0 Å². The fraction of sp³-hybridized carbons (Fsp3) is 0.500. The Hall–Kier alpha value is -0.540. The van der Waals surface area contributed by atoms with Crippen molar-refractivity contribution < 1.29 is 0 Å².